The first-order valence-corrected chi connectivity index (χ1v) is 6.42. The normalized spacial score (nSPS) is 12.1. The zero-order valence-corrected chi connectivity index (χ0v) is 12.2. The van der Waals surface area contributed by atoms with Crippen LogP contribution in [-0.2, 0) is 5.41 Å². The maximum atomic E-state index is 13.8. The first-order valence-electron chi connectivity index (χ1n) is 5.25. The van der Waals surface area contributed by atoms with Gasteiger partial charge < -0.3 is 0 Å². The number of fused-ring (bicyclic) bond motifs is 1. The van der Waals surface area contributed by atoms with Crippen LogP contribution in [0.3, 0.4) is 0 Å². The van der Waals surface area contributed by atoms with Crippen LogP contribution in [0, 0.1) is 5.82 Å². The van der Waals surface area contributed by atoms with E-state index in [4.69, 9.17) is 11.6 Å². The number of rotatable bonds is 0. The van der Waals surface area contributed by atoms with Crippen LogP contribution in [-0.4, -0.2) is 4.98 Å². The first kappa shape index (κ1) is 12.8. The summed E-state index contributed by atoms with van der Waals surface area (Å²) in [5, 5.41) is 1.16. The smallest absolute Gasteiger partial charge is 0.150 e. The maximum absolute atomic E-state index is 13.8. The third-order valence-corrected chi connectivity index (χ3v) is 3.32. The average molecular weight is 317 g/mol. The Balaban J connectivity index is 2.83. The van der Waals surface area contributed by atoms with Gasteiger partial charge in [-0.3, -0.25) is 0 Å². The summed E-state index contributed by atoms with van der Waals surface area (Å²) in [4.78, 5) is 4.37. The van der Waals surface area contributed by atoms with Gasteiger partial charge in [-0.05, 0) is 18.2 Å². The lowest BCUT2D eigenvalue weighted by Gasteiger charge is -2.19. The standard InChI is InChI=1S/C13H12BrClFN/c1-13(2,3)11-6-9(15)8-4-7(14)5-10(16)12(8)17-11/h4-6H,1-3H3. The van der Waals surface area contributed by atoms with E-state index in [0.29, 0.717) is 20.4 Å². The van der Waals surface area contributed by atoms with Gasteiger partial charge in [0.1, 0.15) is 5.52 Å². The number of hydrogen-bond donors (Lipinski definition) is 0. The third kappa shape index (κ3) is 2.45. The lowest BCUT2D eigenvalue weighted by Crippen LogP contribution is -2.13. The molecule has 0 N–H and O–H groups in total. The van der Waals surface area contributed by atoms with Gasteiger partial charge in [-0.1, -0.05) is 48.3 Å². The molecule has 1 heterocycles. The third-order valence-electron chi connectivity index (χ3n) is 2.55. The molecule has 1 aromatic heterocycles. The summed E-state index contributed by atoms with van der Waals surface area (Å²) >= 11 is 9.43. The molecule has 2 rings (SSSR count). The quantitative estimate of drug-likeness (QED) is 0.660. The van der Waals surface area contributed by atoms with Crippen molar-refractivity contribution in [2.24, 2.45) is 0 Å². The van der Waals surface area contributed by atoms with Gasteiger partial charge in [-0.15, -0.1) is 0 Å². The Morgan fingerprint density at radius 2 is 1.88 bits per heavy atom. The second-order valence-electron chi connectivity index (χ2n) is 5.02. The Morgan fingerprint density at radius 3 is 2.47 bits per heavy atom. The highest BCUT2D eigenvalue weighted by atomic mass is 79.9. The van der Waals surface area contributed by atoms with Crippen LogP contribution in [0.5, 0.6) is 0 Å². The zero-order chi connectivity index (χ0) is 12.8. The summed E-state index contributed by atoms with van der Waals surface area (Å²) < 4.78 is 14.5. The Kier molecular flexibility index (Phi) is 3.17. The van der Waals surface area contributed by atoms with Crippen molar-refractivity contribution in [3.05, 3.63) is 39.2 Å². The molecule has 0 amide bonds. The molecule has 0 unspecified atom stereocenters. The van der Waals surface area contributed by atoms with E-state index >= 15 is 0 Å². The van der Waals surface area contributed by atoms with Crippen LogP contribution in [0.4, 0.5) is 4.39 Å². The highest BCUT2D eigenvalue weighted by Crippen LogP contribution is 2.32. The fourth-order valence-electron chi connectivity index (χ4n) is 1.60. The van der Waals surface area contributed by atoms with Crippen LogP contribution >= 0.6 is 27.5 Å². The van der Waals surface area contributed by atoms with E-state index < -0.39 is 0 Å². The SMILES string of the molecule is CC(C)(C)c1cc(Cl)c2cc(Br)cc(F)c2n1. The summed E-state index contributed by atoms with van der Waals surface area (Å²) in [6.07, 6.45) is 0. The predicted molar refractivity (Wildman–Crippen MR) is 73.1 cm³/mol. The minimum Gasteiger partial charge on any atom is -0.249 e. The maximum Gasteiger partial charge on any atom is 0.150 e. The monoisotopic (exact) mass is 315 g/mol. The summed E-state index contributed by atoms with van der Waals surface area (Å²) in [6, 6.07) is 4.98. The number of hydrogen-bond acceptors (Lipinski definition) is 1. The number of benzene rings is 1. The van der Waals surface area contributed by atoms with Gasteiger partial charge in [0, 0.05) is 21.0 Å². The molecule has 1 nitrogen and oxygen atoms in total. The molecule has 1 aromatic carbocycles. The Hall–Kier alpha value is -0.670. The van der Waals surface area contributed by atoms with Crippen LogP contribution in [0.25, 0.3) is 10.9 Å². The molecule has 0 aliphatic heterocycles. The number of nitrogens with zero attached hydrogens (tertiary/aromatic N) is 1. The molecular weight excluding hydrogens is 305 g/mol. The number of aromatic nitrogens is 1. The molecule has 0 aliphatic rings. The Labute approximate surface area is 113 Å². The molecule has 17 heavy (non-hydrogen) atoms. The fourth-order valence-corrected chi connectivity index (χ4v) is 2.27. The second-order valence-corrected chi connectivity index (χ2v) is 6.35. The van der Waals surface area contributed by atoms with Gasteiger partial charge in [-0.2, -0.15) is 0 Å². The zero-order valence-electron chi connectivity index (χ0n) is 9.81. The molecule has 0 aliphatic carbocycles. The van der Waals surface area contributed by atoms with Crippen molar-refractivity contribution in [1.29, 1.82) is 0 Å². The molecule has 0 saturated carbocycles. The van der Waals surface area contributed by atoms with Gasteiger partial charge >= 0.3 is 0 Å². The van der Waals surface area contributed by atoms with Crippen LogP contribution < -0.4 is 0 Å². The number of pyridine rings is 1. The largest absolute Gasteiger partial charge is 0.249 e. The van der Waals surface area contributed by atoms with E-state index in [1.54, 1.807) is 12.1 Å². The van der Waals surface area contributed by atoms with Crippen molar-refractivity contribution < 1.29 is 4.39 Å². The predicted octanol–water partition coefficient (Wildman–Crippen LogP) is 5.09. The van der Waals surface area contributed by atoms with Crippen LogP contribution in [0.1, 0.15) is 26.5 Å². The van der Waals surface area contributed by atoms with Gasteiger partial charge in [0.25, 0.3) is 0 Å². The van der Waals surface area contributed by atoms with E-state index in [0.717, 1.165) is 5.69 Å². The highest BCUT2D eigenvalue weighted by molar-refractivity contribution is 9.10. The minimum absolute atomic E-state index is 0.155. The topological polar surface area (TPSA) is 12.9 Å². The van der Waals surface area contributed by atoms with Crippen molar-refractivity contribution >= 4 is 38.4 Å². The van der Waals surface area contributed by atoms with Gasteiger partial charge in [0.05, 0.1) is 5.02 Å². The fraction of sp³-hybridized carbons (Fsp3) is 0.308. The average Bonchev–Trinajstić information content (AvgIpc) is 2.17. The van der Waals surface area contributed by atoms with E-state index in [9.17, 15) is 4.39 Å². The molecule has 90 valence electrons. The van der Waals surface area contributed by atoms with E-state index in [1.807, 2.05) is 20.8 Å². The van der Waals surface area contributed by atoms with E-state index in [2.05, 4.69) is 20.9 Å². The highest BCUT2D eigenvalue weighted by Gasteiger charge is 2.19. The van der Waals surface area contributed by atoms with Crippen molar-refractivity contribution in [2.45, 2.75) is 26.2 Å². The lowest BCUT2D eigenvalue weighted by atomic mass is 9.91. The lowest BCUT2D eigenvalue weighted by molar-refractivity contribution is 0.569. The molecular formula is C13H12BrClFN. The van der Waals surface area contributed by atoms with Crippen LogP contribution in [0.2, 0.25) is 5.02 Å². The molecule has 0 radical (unpaired) electrons. The van der Waals surface area contributed by atoms with Gasteiger partial charge in [0.15, 0.2) is 5.82 Å². The second kappa shape index (κ2) is 4.21. The first-order chi connectivity index (χ1) is 7.79. The molecule has 0 fully saturated rings. The van der Waals surface area contributed by atoms with Crippen molar-refractivity contribution in [2.75, 3.05) is 0 Å². The Bertz CT molecular complexity index is 590. The molecule has 0 bridgehead atoms. The summed E-state index contributed by atoms with van der Waals surface area (Å²) in [5.74, 6) is -0.359. The van der Waals surface area contributed by atoms with E-state index in [1.165, 1.54) is 6.07 Å². The Morgan fingerprint density at radius 1 is 1.24 bits per heavy atom. The molecule has 0 spiro atoms. The van der Waals surface area contributed by atoms with Crippen LogP contribution in [0.15, 0.2) is 22.7 Å². The summed E-state index contributed by atoms with van der Waals surface area (Å²) in [6.45, 7) is 6.07. The van der Waals surface area contributed by atoms with E-state index in [-0.39, 0.29) is 11.2 Å². The number of halogens is 3. The van der Waals surface area contributed by atoms with Gasteiger partial charge in [0.2, 0.25) is 0 Å². The van der Waals surface area contributed by atoms with Crippen molar-refractivity contribution in [1.82, 2.24) is 4.98 Å². The minimum atomic E-state index is -0.359. The van der Waals surface area contributed by atoms with Gasteiger partial charge in [-0.25, -0.2) is 9.37 Å². The summed E-state index contributed by atoms with van der Waals surface area (Å²) in [7, 11) is 0. The van der Waals surface area contributed by atoms with Crippen molar-refractivity contribution in [3.63, 3.8) is 0 Å². The molecule has 0 saturated heterocycles. The summed E-state index contributed by atoms with van der Waals surface area (Å²) in [5.41, 5.74) is 0.957. The molecule has 0 atom stereocenters. The molecule has 2 aromatic rings. The molecule has 4 heteroatoms. The van der Waals surface area contributed by atoms with Crippen molar-refractivity contribution in [3.8, 4) is 0 Å².